The third-order valence-electron chi connectivity index (χ3n) is 2.04. The lowest BCUT2D eigenvalue weighted by Gasteiger charge is -2.17. The van der Waals surface area contributed by atoms with E-state index in [2.05, 4.69) is 20.2 Å². The molecule has 6 nitrogen and oxygen atoms in total. The molecule has 17 heavy (non-hydrogen) atoms. The van der Waals surface area contributed by atoms with Crippen LogP contribution >= 0.6 is 0 Å². The molecule has 0 spiro atoms. The van der Waals surface area contributed by atoms with Crippen molar-refractivity contribution in [3.8, 4) is 5.88 Å². The monoisotopic (exact) mass is 247 g/mol. The van der Waals surface area contributed by atoms with Crippen molar-refractivity contribution in [3.05, 3.63) is 6.20 Å². The summed E-state index contributed by atoms with van der Waals surface area (Å²) >= 11 is 0. The SMILES string of the molecule is CC(Oc1nc(N)nc2[nH]ncc12)C(F)(F)F. The van der Waals surface area contributed by atoms with Gasteiger partial charge in [0.2, 0.25) is 11.8 Å². The molecule has 0 fully saturated rings. The Morgan fingerprint density at radius 3 is 2.76 bits per heavy atom. The highest BCUT2D eigenvalue weighted by Gasteiger charge is 2.38. The van der Waals surface area contributed by atoms with Crippen molar-refractivity contribution in [2.75, 3.05) is 5.73 Å². The van der Waals surface area contributed by atoms with E-state index in [9.17, 15) is 13.2 Å². The Morgan fingerprint density at radius 1 is 1.41 bits per heavy atom. The molecule has 2 aromatic rings. The summed E-state index contributed by atoms with van der Waals surface area (Å²) in [6.07, 6.45) is -5.20. The number of fused-ring (bicyclic) bond motifs is 1. The fourth-order valence-corrected chi connectivity index (χ4v) is 1.15. The average Bonchev–Trinajstić information content (AvgIpc) is 2.63. The van der Waals surface area contributed by atoms with Gasteiger partial charge in [0.05, 0.1) is 6.20 Å². The molecule has 0 aliphatic rings. The first-order valence-electron chi connectivity index (χ1n) is 4.58. The molecule has 92 valence electrons. The maximum atomic E-state index is 12.3. The lowest BCUT2D eigenvalue weighted by molar-refractivity contribution is -0.189. The molecule has 2 rings (SSSR count). The van der Waals surface area contributed by atoms with Crippen LogP contribution in [0.4, 0.5) is 19.1 Å². The number of nitrogens with one attached hydrogen (secondary N) is 1. The molecule has 3 N–H and O–H groups in total. The van der Waals surface area contributed by atoms with E-state index in [0.29, 0.717) is 0 Å². The fourth-order valence-electron chi connectivity index (χ4n) is 1.15. The molecule has 0 radical (unpaired) electrons. The predicted molar refractivity (Wildman–Crippen MR) is 52.2 cm³/mol. The quantitative estimate of drug-likeness (QED) is 0.833. The van der Waals surface area contributed by atoms with Crippen LogP contribution in [-0.2, 0) is 0 Å². The van der Waals surface area contributed by atoms with Crippen LogP contribution in [0.15, 0.2) is 6.20 Å². The second kappa shape index (κ2) is 3.75. The van der Waals surface area contributed by atoms with Gasteiger partial charge in [0.1, 0.15) is 5.39 Å². The Hall–Kier alpha value is -2.06. The number of rotatable bonds is 2. The van der Waals surface area contributed by atoms with E-state index in [0.717, 1.165) is 6.92 Å². The van der Waals surface area contributed by atoms with Crippen LogP contribution in [0.3, 0.4) is 0 Å². The number of nitrogens with two attached hydrogens (primary N) is 1. The zero-order valence-electron chi connectivity index (χ0n) is 8.62. The van der Waals surface area contributed by atoms with Crippen LogP contribution in [0.25, 0.3) is 11.0 Å². The average molecular weight is 247 g/mol. The van der Waals surface area contributed by atoms with Gasteiger partial charge in [-0.25, -0.2) is 0 Å². The number of H-pyrrole nitrogens is 1. The van der Waals surface area contributed by atoms with Gasteiger partial charge in [-0.2, -0.15) is 28.2 Å². The largest absolute Gasteiger partial charge is 0.464 e. The summed E-state index contributed by atoms with van der Waals surface area (Å²) in [7, 11) is 0. The Morgan fingerprint density at radius 2 is 2.12 bits per heavy atom. The van der Waals surface area contributed by atoms with E-state index in [1.165, 1.54) is 6.20 Å². The van der Waals surface area contributed by atoms with Crippen LogP contribution in [0.1, 0.15) is 6.92 Å². The molecule has 0 amide bonds. The minimum absolute atomic E-state index is 0.189. The number of hydrogen-bond donors (Lipinski definition) is 2. The molecule has 1 unspecified atom stereocenters. The molecule has 9 heteroatoms. The second-order valence-corrected chi connectivity index (χ2v) is 3.32. The molecule has 0 bridgehead atoms. The van der Waals surface area contributed by atoms with E-state index in [4.69, 9.17) is 10.5 Å². The summed E-state index contributed by atoms with van der Waals surface area (Å²) in [6.45, 7) is 0.879. The number of ether oxygens (including phenoxy) is 1. The summed E-state index contributed by atoms with van der Waals surface area (Å²) in [5.41, 5.74) is 5.56. The molecular weight excluding hydrogens is 239 g/mol. The predicted octanol–water partition coefficient (Wildman–Crippen LogP) is 1.26. The molecule has 2 aromatic heterocycles. The highest BCUT2D eigenvalue weighted by molar-refractivity contribution is 5.80. The van der Waals surface area contributed by atoms with Crippen LogP contribution in [0, 0.1) is 0 Å². The minimum atomic E-state index is -4.48. The van der Waals surface area contributed by atoms with Gasteiger partial charge in [0, 0.05) is 0 Å². The van der Waals surface area contributed by atoms with Gasteiger partial charge in [-0.3, -0.25) is 5.10 Å². The van der Waals surface area contributed by atoms with E-state index >= 15 is 0 Å². The zero-order chi connectivity index (χ0) is 12.6. The number of aromatic nitrogens is 4. The Bertz CT molecular complexity index is 537. The number of alkyl halides is 3. The molecule has 0 saturated carbocycles. The molecule has 0 aliphatic carbocycles. The number of anilines is 1. The normalized spacial score (nSPS) is 13.9. The number of nitrogen functional groups attached to an aromatic ring is 1. The molecule has 0 saturated heterocycles. The molecule has 0 aromatic carbocycles. The van der Waals surface area contributed by atoms with E-state index in [1.54, 1.807) is 0 Å². The first-order valence-corrected chi connectivity index (χ1v) is 4.58. The van der Waals surface area contributed by atoms with Gasteiger partial charge >= 0.3 is 6.18 Å². The van der Waals surface area contributed by atoms with Gasteiger partial charge in [-0.15, -0.1) is 0 Å². The van der Waals surface area contributed by atoms with Gasteiger partial charge in [0.25, 0.3) is 0 Å². The van der Waals surface area contributed by atoms with Crippen molar-refractivity contribution in [2.24, 2.45) is 0 Å². The van der Waals surface area contributed by atoms with Crippen LogP contribution in [0.5, 0.6) is 5.88 Å². The third kappa shape index (κ3) is 2.22. The van der Waals surface area contributed by atoms with E-state index in [-0.39, 0.29) is 22.9 Å². The van der Waals surface area contributed by atoms with Crippen LogP contribution in [-0.4, -0.2) is 32.4 Å². The standard InChI is InChI=1S/C8H8F3N5O/c1-3(8(9,10)11)17-6-4-2-13-16-5(4)14-7(12)15-6/h2-3H,1H3,(H3,12,13,14,15,16). The zero-order valence-corrected chi connectivity index (χ0v) is 8.62. The van der Waals surface area contributed by atoms with Crippen molar-refractivity contribution >= 4 is 17.0 Å². The van der Waals surface area contributed by atoms with Crippen LogP contribution < -0.4 is 10.5 Å². The molecule has 1 atom stereocenters. The van der Waals surface area contributed by atoms with Gasteiger partial charge < -0.3 is 10.5 Å². The lowest BCUT2D eigenvalue weighted by Crippen LogP contribution is -2.31. The first kappa shape index (κ1) is 11.4. The smallest absolute Gasteiger partial charge is 0.425 e. The number of hydrogen-bond acceptors (Lipinski definition) is 5. The lowest BCUT2D eigenvalue weighted by atomic mass is 10.4. The summed E-state index contributed by atoms with van der Waals surface area (Å²) in [5, 5.41) is 6.34. The van der Waals surface area contributed by atoms with E-state index in [1.807, 2.05) is 0 Å². The number of aromatic amines is 1. The van der Waals surface area contributed by atoms with Crippen molar-refractivity contribution in [1.29, 1.82) is 0 Å². The Balaban J connectivity index is 2.38. The van der Waals surface area contributed by atoms with Gasteiger partial charge in [-0.05, 0) is 6.92 Å². The van der Waals surface area contributed by atoms with Crippen molar-refractivity contribution in [3.63, 3.8) is 0 Å². The van der Waals surface area contributed by atoms with Crippen molar-refractivity contribution < 1.29 is 17.9 Å². The topological polar surface area (TPSA) is 89.7 Å². The minimum Gasteiger partial charge on any atom is -0.464 e. The van der Waals surface area contributed by atoms with Crippen molar-refractivity contribution in [1.82, 2.24) is 20.2 Å². The summed E-state index contributed by atoms with van der Waals surface area (Å²) < 4.78 is 41.7. The molecule has 0 aliphatic heterocycles. The third-order valence-corrected chi connectivity index (χ3v) is 2.04. The van der Waals surface area contributed by atoms with Crippen LogP contribution in [0.2, 0.25) is 0 Å². The molecule has 2 heterocycles. The fraction of sp³-hybridized carbons (Fsp3) is 0.375. The van der Waals surface area contributed by atoms with Gasteiger partial charge in [0.15, 0.2) is 11.8 Å². The summed E-state index contributed by atoms with van der Waals surface area (Å²) in [4.78, 5) is 7.36. The molecular formula is C8H8F3N5O. The number of nitrogens with zero attached hydrogens (tertiary/aromatic N) is 3. The second-order valence-electron chi connectivity index (χ2n) is 3.32. The maximum Gasteiger partial charge on any atom is 0.425 e. The Labute approximate surface area is 93.0 Å². The first-order chi connectivity index (χ1) is 7.88. The number of halogens is 3. The van der Waals surface area contributed by atoms with Crippen molar-refractivity contribution in [2.45, 2.75) is 19.2 Å². The summed E-state index contributed by atoms with van der Waals surface area (Å²) in [5.74, 6) is -0.433. The maximum absolute atomic E-state index is 12.3. The van der Waals surface area contributed by atoms with Gasteiger partial charge in [-0.1, -0.05) is 0 Å². The highest BCUT2D eigenvalue weighted by atomic mass is 19.4. The summed E-state index contributed by atoms with van der Waals surface area (Å²) in [6, 6.07) is 0. The highest BCUT2D eigenvalue weighted by Crippen LogP contribution is 2.27. The van der Waals surface area contributed by atoms with E-state index < -0.39 is 12.3 Å². The Kier molecular flexibility index (Phi) is 2.52.